The van der Waals surface area contributed by atoms with E-state index in [-0.39, 0.29) is 0 Å². The van der Waals surface area contributed by atoms with Crippen LogP contribution >= 0.6 is 0 Å². The number of rotatable bonds is 18. The average Bonchev–Trinajstić information content (AvgIpc) is 2.93. The van der Waals surface area contributed by atoms with Crippen LogP contribution in [0.5, 0.6) is 11.8 Å². The summed E-state index contributed by atoms with van der Waals surface area (Å²) < 4.78 is 11.4. The number of aromatic nitrogens is 5. The molecular formula is C29H41N5O2. The summed E-state index contributed by atoms with van der Waals surface area (Å²) >= 11 is 0. The topological polar surface area (TPSA) is 82.9 Å². The normalized spacial score (nSPS) is 10.9. The molecule has 0 amide bonds. The van der Waals surface area contributed by atoms with Crippen LogP contribution in [0.15, 0.2) is 42.6 Å². The van der Waals surface area contributed by atoms with Crippen molar-refractivity contribution >= 4 is 0 Å². The second-order valence-electron chi connectivity index (χ2n) is 9.18. The molecule has 0 bridgehead atoms. The Balaban J connectivity index is 1.41. The molecule has 0 N–H and O–H groups in total. The lowest BCUT2D eigenvalue weighted by atomic mass is 10.1. The van der Waals surface area contributed by atoms with Gasteiger partial charge in [-0.15, -0.1) is 20.4 Å². The Morgan fingerprint density at radius 1 is 0.500 bits per heavy atom. The van der Waals surface area contributed by atoms with Crippen LogP contribution in [-0.2, 0) is 0 Å². The molecule has 0 saturated heterocycles. The van der Waals surface area contributed by atoms with Crippen LogP contribution in [0.4, 0.5) is 0 Å². The third-order valence-corrected chi connectivity index (χ3v) is 6.10. The smallest absolute Gasteiger partial charge is 0.233 e. The van der Waals surface area contributed by atoms with Crippen molar-refractivity contribution in [3.8, 4) is 34.4 Å². The second kappa shape index (κ2) is 16.6. The largest absolute Gasteiger partial charge is 0.477 e. The molecule has 0 aliphatic carbocycles. The molecule has 3 rings (SSSR count). The molecule has 0 unspecified atom stereocenters. The summed E-state index contributed by atoms with van der Waals surface area (Å²) in [5.41, 5.74) is 3.10. The predicted octanol–water partition coefficient (Wildman–Crippen LogP) is 7.47. The second-order valence-corrected chi connectivity index (χ2v) is 9.18. The Bertz CT molecular complexity index is 882. The molecule has 0 atom stereocenters. The van der Waals surface area contributed by atoms with E-state index in [2.05, 4.69) is 39.2 Å². The van der Waals surface area contributed by atoms with Gasteiger partial charge in [0.25, 0.3) is 0 Å². The zero-order chi connectivity index (χ0) is 25.3. The van der Waals surface area contributed by atoms with E-state index in [0.29, 0.717) is 30.7 Å². The van der Waals surface area contributed by atoms with E-state index < -0.39 is 0 Å². The van der Waals surface area contributed by atoms with Gasteiger partial charge in [0.1, 0.15) is 5.69 Å². The van der Waals surface area contributed by atoms with E-state index in [1.807, 2.05) is 36.4 Å². The molecule has 7 heteroatoms. The fourth-order valence-electron chi connectivity index (χ4n) is 3.90. The lowest BCUT2D eigenvalue weighted by Gasteiger charge is -2.07. The van der Waals surface area contributed by atoms with Gasteiger partial charge < -0.3 is 9.47 Å². The van der Waals surface area contributed by atoms with Crippen LogP contribution < -0.4 is 9.47 Å². The van der Waals surface area contributed by atoms with Gasteiger partial charge in [-0.3, -0.25) is 4.98 Å². The molecule has 0 spiro atoms. The minimum atomic E-state index is 0.554. The highest BCUT2D eigenvalue weighted by molar-refractivity contribution is 5.62. The SMILES string of the molecule is CCCCCCCCOc1ccc(-c2ccc(-c3ccc(OCCCCCCCC)nn3)nc2)nn1. The molecule has 0 saturated carbocycles. The van der Waals surface area contributed by atoms with Crippen LogP contribution in [-0.4, -0.2) is 38.6 Å². The van der Waals surface area contributed by atoms with E-state index in [1.54, 1.807) is 6.20 Å². The van der Waals surface area contributed by atoms with Crippen molar-refractivity contribution < 1.29 is 9.47 Å². The molecule has 3 heterocycles. The first-order valence-electron chi connectivity index (χ1n) is 13.7. The Morgan fingerprint density at radius 3 is 1.47 bits per heavy atom. The van der Waals surface area contributed by atoms with Crippen molar-refractivity contribution in [1.82, 2.24) is 25.4 Å². The minimum absolute atomic E-state index is 0.554. The van der Waals surface area contributed by atoms with Crippen LogP contribution in [0.2, 0.25) is 0 Å². The van der Waals surface area contributed by atoms with Gasteiger partial charge in [0.05, 0.1) is 24.6 Å². The number of pyridine rings is 1. The lowest BCUT2D eigenvalue weighted by Crippen LogP contribution is -2.01. The van der Waals surface area contributed by atoms with E-state index in [4.69, 9.17) is 9.47 Å². The Labute approximate surface area is 216 Å². The van der Waals surface area contributed by atoms with Crippen LogP contribution in [0.1, 0.15) is 90.9 Å². The van der Waals surface area contributed by atoms with Crippen molar-refractivity contribution in [3.05, 3.63) is 42.6 Å². The van der Waals surface area contributed by atoms with Crippen LogP contribution in [0.3, 0.4) is 0 Å². The van der Waals surface area contributed by atoms with Gasteiger partial charge in [0.2, 0.25) is 11.8 Å². The van der Waals surface area contributed by atoms with Gasteiger partial charge in [-0.2, -0.15) is 0 Å². The molecule has 0 fully saturated rings. The zero-order valence-electron chi connectivity index (χ0n) is 22.0. The molecule has 0 aliphatic rings. The van der Waals surface area contributed by atoms with Gasteiger partial charge in [0, 0.05) is 23.9 Å². The van der Waals surface area contributed by atoms with Crippen LogP contribution in [0.25, 0.3) is 22.6 Å². The van der Waals surface area contributed by atoms with Crippen molar-refractivity contribution in [2.24, 2.45) is 0 Å². The van der Waals surface area contributed by atoms with E-state index >= 15 is 0 Å². The van der Waals surface area contributed by atoms with Crippen molar-refractivity contribution in [3.63, 3.8) is 0 Å². The molecule has 0 radical (unpaired) electrons. The van der Waals surface area contributed by atoms with Gasteiger partial charge in [0.15, 0.2) is 0 Å². The third kappa shape index (κ3) is 9.88. The summed E-state index contributed by atoms with van der Waals surface area (Å²) in [6.45, 7) is 5.82. The molecular weight excluding hydrogens is 450 g/mol. The summed E-state index contributed by atoms with van der Waals surface area (Å²) in [6, 6.07) is 11.4. The molecule has 0 aliphatic heterocycles. The Hall–Kier alpha value is -3.09. The van der Waals surface area contributed by atoms with Gasteiger partial charge in [-0.25, -0.2) is 0 Å². The van der Waals surface area contributed by atoms with Crippen molar-refractivity contribution in [2.45, 2.75) is 90.9 Å². The highest BCUT2D eigenvalue weighted by atomic mass is 16.5. The Kier molecular flexibility index (Phi) is 12.6. The first-order valence-corrected chi connectivity index (χ1v) is 13.7. The average molecular weight is 492 g/mol. The maximum atomic E-state index is 5.73. The molecule has 7 nitrogen and oxygen atoms in total. The standard InChI is InChI=1S/C29H41N5O2/c1-3-5-7-9-11-13-21-35-28-19-17-25(31-33-28)24-15-16-26(30-23-24)27-18-20-29(34-32-27)36-22-14-12-10-8-6-4-2/h15-20,23H,3-14,21-22H2,1-2H3. The molecule has 194 valence electrons. The molecule has 0 aromatic carbocycles. The highest BCUT2D eigenvalue weighted by Gasteiger charge is 2.07. The van der Waals surface area contributed by atoms with Gasteiger partial charge in [-0.05, 0) is 37.1 Å². The third-order valence-electron chi connectivity index (χ3n) is 6.10. The minimum Gasteiger partial charge on any atom is -0.477 e. The first-order chi connectivity index (χ1) is 17.8. The fourth-order valence-corrected chi connectivity index (χ4v) is 3.90. The number of hydrogen-bond acceptors (Lipinski definition) is 7. The van der Waals surface area contributed by atoms with E-state index in [0.717, 1.165) is 29.8 Å². The van der Waals surface area contributed by atoms with Crippen LogP contribution in [0, 0.1) is 0 Å². The fraction of sp³-hybridized carbons (Fsp3) is 0.552. The van der Waals surface area contributed by atoms with Gasteiger partial charge in [-0.1, -0.05) is 78.1 Å². The van der Waals surface area contributed by atoms with E-state index in [1.165, 1.54) is 64.2 Å². The van der Waals surface area contributed by atoms with Gasteiger partial charge >= 0.3 is 0 Å². The number of hydrogen-bond donors (Lipinski definition) is 0. The number of ether oxygens (including phenoxy) is 2. The number of nitrogens with zero attached hydrogens (tertiary/aromatic N) is 5. The first kappa shape index (κ1) is 27.5. The summed E-state index contributed by atoms with van der Waals surface area (Å²) in [5.74, 6) is 1.11. The summed E-state index contributed by atoms with van der Waals surface area (Å²) in [5, 5.41) is 17.0. The monoisotopic (exact) mass is 491 g/mol. The molecule has 36 heavy (non-hydrogen) atoms. The summed E-state index contributed by atoms with van der Waals surface area (Å²) in [4.78, 5) is 4.54. The molecule has 3 aromatic rings. The lowest BCUT2D eigenvalue weighted by molar-refractivity contribution is 0.290. The summed E-state index contributed by atoms with van der Waals surface area (Å²) in [7, 11) is 0. The summed E-state index contributed by atoms with van der Waals surface area (Å²) in [6.07, 6.45) is 16.6. The maximum absolute atomic E-state index is 5.73. The Morgan fingerprint density at radius 2 is 1.00 bits per heavy atom. The van der Waals surface area contributed by atoms with E-state index in [9.17, 15) is 0 Å². The van der Waals surface area contributed by atoms with Crippen molar-refractivity contribution in [1.29, 1.82) is 0 Å². The quantitative estimate of drug-likeness (QED) is 0.171. The maximum Gasteiger partial charge on any atom is 0.233 e. The van der Waals surface area contributed by atoms with Crippen molar-refractivity contribution in [2.75, 3.05) is 13.2 Å². The highest BCUT2D eigenvalue weighted by Crippen LogP contribution is 2.21. The number of unbranched alkanes of at least 4 members (excludes halogenated alkanes) is 10. The predicted molar refractivity (Wildman–Crippen MR) is 144 cm³/mol. The zero-order valence-corrected chi connectivity index (χ0v) is 22.0. The molecule has 3 aromatic heterocycles.